The van der Waals surface area contributed by atoms with Crippen molar-refractivity contribution in [1.29, 1.82) is 0 Å². The molecule has 0 spiro atoms. The predicted molar refractivity (Wildman–Crippen MR) is 79.1 cm³/mol. The highest BCUT2D eigenvalue weighted by Crippen LogP contribution is 2.25. The van der Waals surface area contributed by atoms with Gasteiger partial charge in [-0.2, -0.15) is 0 Å². The first-order valence-electron chi connectivity index (χ1n) is 6.80. The molecule has 1 rings (SSSR count). The van der Waals surface area contributed by atoms with Gasteiger partial charge in [-0.15, -0.1) is 0 Å². The van der Waals surface area contributed by atoms with Crippen molar-refractivity contribution in [3.63, 3.8) is 0 Å². The van der Waals surface area contributed by atoms with Gasteiger partial charge >= 0.3 is 0 Å². The molecule has 0 aliphatic rings. The average molecular weight is 279 g/mol. The van der Waals surface area contributed by atoms with E-state index in [1.54, 1.807) is 24.1 Å². The van der Waals surface area contributed by atoms with E-state index in [0.29, 0.717) is 24.3 Å². The van der Waals surface area contributed by atoms with Gasteiger partial charge in [0.1, 0.15) is 5.69 Å². The van der Waals surface area contributed by atoms with E-state index in [9.17, 15) is 14.9 Å². The highest BCUT2D eigenvalue weighted by Gasteiger charge is 2.19. The van der Waals surface area contributed by atoms with Crippen LogP contribution in [0.25, 0.3) is 0 Å². The summed E-state index contributed by atoms with van der Waals surface area (Å²) in [5, 5.41) is 13.8. The first kappa shape index (κ1) is 15.9. The Hall–Kier alpha value is -2.11. The molecule has 0 saturated heterocycles. The predicted octanol–water partition coefficient (Wildman–Crippen LogP) is 2.90. The zero-order valence-corrected chi connectivity index (χ0v) is 12.2. The van der Waals surface area contributed by atoms with E-state index in [-0.39, 0.29) is 11.6 Å². The van der Waals surface area contributed by atoms with Crippen LogP contribution in [0, 0.1) is 10.1 Å². The Morgan fingerprint density at radius 1 is 1.40 bits per heavy atom. The summed E-state index contributed by atoms with van der Waals surface area (Å²) < 4.78 is 0. The molecule has 6 nitrogen and oxygen atoms in total. The molecule has 1 aromatic carbocycles. The lowest BCUT2D eigenvalue weighted by atomic mass is 10.1. The number of benzene rings is 1. The molecule has 1 amide bonds. The Morgan fingerprint density at radius 2 is 2.10 bits per heavy atom. The summed E-state index contributed by atoms with van der Waals surface area (Å²) >= 11 is 0. The zero-order valence-electron chi connectivity index (χ0n) is 12.2. The number of hydrogen-bond acceptors (Lipinski definition) is 4. The molecule has 0 unspecified atom stereocenters. The molecule has 20 heavy (non-hydrogen) atoms. The second-order valence-corrected chi connectivity index (χ2v) is 4.48. The van der Waals surface area contributed by atoms with E-state index in [1.807, 2.05) is 6.92 Å². The monoisotopic (exact) mass is 279 g/mol. The molecule has 110 valence electrons. The van der Waals surface area contributed by atoms with Gasteiger partial charge in [-0.05, 0) is 25.5 Å². The van der Waals surface area contributed by atoms with Crippen LogP contribution in [0.1, 0.15) is 37.0 Å². The van der Waals surface area contributed by atoms with Crippen LogP contribution in [-0.2, 0) is 0 Å². The maximum absolute atomic E-state index is 12.3. The first-order chi connectivity index (χ1) is 9.54. The number of hydrogen-bond donors (Lipinski definition) is 1. The number of nitrogens with one attached hydrogen (secondary N) is 1. The van der Waals surface area contributed by atoms with Crippen molar-refractivity contribution >= 4 is 17.3 Å². The van der Waals surface area contributed by atoms with Gasteiger partial charge < -0.3 is 10.2 Å². The third kappa shape index (κ3) is 3.69. The molecule has 1 aromatic rings. The molecule has 0 saturated carbocycles. The maximum Gasteiger partial charge on any atom is 0.293 e. The van der Waals surface area contributed by atoms with Crippen molar-refractivity contribution in [2.45, 2.75) is 26.7 Å². The van der Waals surface area contributed by atoms with Gasteiger partial charge in [-0.25, -0.2) is 0 Å². The highest BCUT2D eigenvalue weighted by molar-refractivity contribution is 5.95. The van der Waals surface area contributed by atoms with Gasteiger partial charge in [-0.3, -0.25) is 14.9 Å². The van der Waals surface area contributed by atoms with Gasteiger partial charge in [0, 0.05) is 31.8 Å². The number of nitro groups is 1. The maximum atomic E-state index is 12.3. The normalized spacial score (nSPS) is 10.2. The molecule has 0 fully saturated rings. The lowest BCUT2D eigenvalue weighted by molar-refractivity contribution is -0.384. The van der Waals surface area contributed by atoms with Crippen molar-refractivity contribution in [3.05, 3.63) is 33.9 Å². The zero-order chi connectivity index (χ0) is 15.1. The molecule has 0 aliphatic carbocycles. The van der Waals surface area contributed by atoms with Gasteiger partial charge in [0.2, 0.25) is 0 Å². The molecule has 0 heterocycles. The minimum Gasteiger partial charge on any atom is -0.383 e. The van der Waals surface area contributed by atoms with Crippen LogP contribution in [0.15, 0.2) is 18.2 Å². The summed E-state index contributed by atoms with van der Waals surface area (Å²) in [5.74, 6) is -0.160. The van der Waals surface area contributed by atoms with E-state index in [4.69, 9.17) is 0 Å². The number of unbranched alkanes of at least 4 members (excludes halogenated alkanes) is 1. The van der Waals surface area contributed by atoms with Crippen molar-refractivity contribution < 1.29 is 9.72 Å². The Morgan fingerprint density at radius 3 is 2.60 bits per heavy atom. The fourth-order valence-electron chi connectivity index (χ4n) is 1.96. The molecular weight excluding hydrogens is 258 g/mol. The Bertz CT molecular complexity index is 489. The Kier molecular flexibility index (Phi) is 5.96. The van der Waals surface area contributed by atoms with Gasteiger partial charge in [-0.1, -0.05) is 13.3 Å². The largest absolute Gasteiger partial charge is 0.383 e. The van der Waals surface area contributed by atoms with Crippen molar-refractivity contribution in [2.75, 3.05) is 25.5 Å². The van der Waals surface area contributed by atoms with Gasteiger partial charge in [0.25, 0.3) is 11.6 Å². The summed E-state index contributed by atoms with van der Waals surface area (Å²) in [5.41, 5.74) is 0.682. The smallest absolute Gasteiger partial charge is 0.293 e. The summed E-state index contributed by atoms with van der Waals surface area (Å²) in [6.45, 7) is 5.24. The summed E-state index contributed by atoms with van der Waals surface area (Å²) in [4.78, 5) is 24.6. The van der Waals surface area contributed by atoms with Crippen LogP contribution in [0.3, 0.4) is 0 Å². The quantitative estimate of drug-likeness (QED) is 0.615. The lowest BCUT2D eigenvalue weighted by Crippen LogP contribution is -2.31. The number of rotatable bonds is 7. The second kappa shape index (κ2) is 7.47. The molecule has 0 aliphatic heterocycles. The van der Waals surface area contributed by atoms with E-state index < -0.39 is 4.92 Å². The van der Waals surface area contributed by atoms with Crippen LogP contribution >= 0.6 is 0 Å². The summed E-state index contributed by atoms with van der Waals surface area (Å²) in [6.07, 6.45) is 1.93. The molecule has 6 heteroatoms. The number of nitro benzene ring substituents is 1. The van der Waals surface area contributed by atoms with Gasteiger partial charge in [0.15, 0.2) is 0 Å². The van der Waals surface area contributed by atoms with Crippen LogP contribution in [-0.4, -0.2) is 35.9 Å². The molecular formula is C14H21N3O3. The van der Waals surface area contributed by atoms with Crippen molar-refractivity contribution in [3.8, 4) is 0 Å². The third-order valence-electron chi connectivity index (χ3n) is 3.16. The van der Waals surface area contributed by atoms with E-state index in [1.165, 1.54) is 6.07 Å². The topological polar surface area (TPSA) is 75.5 Å². The van der Waals surface area contributed by atoms with Crippen molar-refractivity contribution in [2.24, 2.45) is 0 Å². The van der Waals surface area contributed by atoms with E-state index in [2.05, 4.69) is 12.2 Å². The minimum absolute atomic E-state index is 0.0788. The molecule has 0 atom stereocenters. The molecule has 0 aromatic heterocycles. The first-order valence-corrected chi connectivity index (χ1v) is 6.80. The van der Waals surface area contributed by atoms with Gasteiger partial charge in [0.05, 0.1) is 4.92 Å². The Balaban J connectivity index is 3.03. The number of nitrogens with zero attached hydrogens (tertiary/aromatic N) is 2. The fraction of sp³-hybridized carbons (Fsp3) is 0.500. The molecule has 1 N–H and O–H groups in total. The highest BCUT2D eigenvalue weighted by atomic mass is 16.6. The second-order valence-electron chi connectivity index (χ2n) is 4.48. The summed E-state index contributed by atoms with van der Waals surface area (Å²) in [7, 11) is 1.61. The average Bonchev–Trinajstić information content (AvgIpc) is 2.46. The minimum atomic E-state index is -0.481. The number of anilines is 1. The third-order valence-corrected chi connectivity index (χ3v) is 3.16. The van der Waals surface area contributed by atoms with Crippen LogP contribution in [0.2, 0.25) is 0 Å². The molecule has 0 radical (unpaired) electrons. The number of carbonyl (C=O) groups is 1. The SMILES string of the molecule is CCCCN(CC)C(=O)c1ccc(NC)c([N+](=O)[O-])c1. The standard InChI is InChI=1S/C14H21N3O3/c1-4-6-9-16(5-2)14(18)11-7-8-12(15-3)13(10-11)17(19)20/h7-8,10,15H,4-6,9H2,1-3H3. The lowest BCUT2D eigenvalue weighted by Gasteiger charge is -2.20. The Labute approximate surface area is 118 Å². The van der Waals surface area contributed by atoms with Crippen LogP contribution in [0.5, 0.6) is 0 Å². The van der Waals surface area contributed by atoms with E-state index in [0.717, 1.165) is 12.8 Å². The summed E-state index contributed by atoms with van der Waals surface area (Å²) in [6, 6.07) is 4.53. The van der Waals surface area contributed by atoms with Crippen LogP contribution in [0.4, 0.5) is 11.4 Å². The van der Waals surface area contributed by atoms with Crippen LogP contribution < -0.4 is 5.32 Å². The number of carbonyl (C=O) groups excluding carboxylic acids is 1. The number of amides is 1. The van der Waals surface area contributed by atoms with E-state index >= 15 is 0 Å². The fourth-order valence-corrected chi connectivity index (χ4v) is 1.96. The molecule has 0 bridgehead atoms. The van der Waals surface area contributed by atoms with Crippen molar-refractivity contribution in [1.82, 2.24) is 4.90 Å².